The number of halogens is 3. The van der Waals surface area contributed by atoms with Crippen molar-refractivity contribution in [3.8, 4) is 5.75 Å². The molecule has 0 aliphatic carbocycles. The Kier molecular flexibility index (Phi) is 8.71. The first-order valence-corrected chi connectivity index (χ1v) is 14.5. The molecule has 0 heterocycles. The van der Waals surface area contributed by atoms with Crippen molar-refractivity contribution in [2.75, 3.05) is 7.11 Å². The molecular weight excluding hydrogens is 534 g/mol. The standard InChI is InChI=1S/C37H41ClF2O/c1-34(2,29-9-8-10-32(40)25-29)23-24-36(5,27-15-21-33(41-7)22-16-27)37(6,28-13-19-31(39)20-14-28)35(3,4)26-11-17-30(38)18-12-26/h8-22,25H,23-24H2,1-7H3. The van der Waals surface area contributed by atoms with Gasteiger partial charge in [-0.2, -0.15) is 0 Å². The Bertz CT molecular complexity index is 1460. The molecule has 0 saturated heterocycles. The minimum Gasteiger partial charge on any atom is -0.497 e. The second kappa shape index (κ2) is 11.6. The Labute approximate surface area is 249 Å². The van der Waals surface area contributed by atoms with E-state index >= 15 is 0 Å². The molecule has 0 bridgehead atoms. The summed E-state index contributed by atoms with van der Waals surface area (Å²) in [5.74, 6) is 0.295. The van der Waals surface area contributed by atoms with Gasteiger partial charge < -0.3 is 4.74 Å². The first-order valence-electron chi connectivity index (χ1n) is 14.2. The lowest BCUT2D eigenvalue weighted by Gasteiger charge is -2.57. The molecule has 41 heavy (non-hydrogen) atoms. The summed E-state index contributed by atoms with van der Waals surface area (Å²) < 4.78 is 34.1. The van der Waals surface area contributed by atoms with Crippen LogP contribution in [0.5, 0.6) is 5.75 Å². The van der Waals surface area contributed by atoms with Crippen molar-refractivity contribution in [2.24, 2.45) is 0 Å². The minimum absolute atomic E-state index is 0.228. The van der Waals surface area contributed by atoms with E-state index in [0.717, 1.165) is 40.8 Å². The molecular formula is C37H41ClF2O. The topological polar surface area (TPSA) is 9.23 Å². The van der Waals surface area contributed by atoms with Gasteiger partial charge in [0, 0.05) is 15.9 Å². The van der Waals surface area contributed by atoms with Gasteiger partial charge in [0.05, 0.1) is 7.11 Å². The Morgan fingerprint density at radius 3 is 1.73 bits per heavy atom. The lowest BCUT2D eigenvalue weighted by molar-refractivity contribution is 0.129. The molecule has 0 radical (unpaired) electrons. The van der Waals surface area contributed by atoms with Gasteiger partial charge in [0.1, 0.15) is 17.4 Å². The highest BCUT2D eigenvalue weighted by Gasteiger charge is 2.56. The molecule has 4 aromatic rings. The molecule has 216 valence electrons. The van der Waals surface area contributed by atoms with Crippen LogP contribution in [-0.2, 0) is 21.7 Å². The summed E-state index contributed by atoms with van der Waals surface area (Å²) >= 11 is 6.31. The fourth-order valence-corrected chi connectivity index (χ4v) is 6.69. The molecule has 4 aromatic carbocycles. The third-order valence-electron chi connectivity index (χ3n) is 9.92. The van der Waals surface area contributed by atoms with Gasteiger partial charge in [-0.15, -0.1) is 0 Å². The van der Waals surface area contributed by atoms with Crippen molar-refractivity contribution in [2.45, 2.75) is 76.0 Å². The van der Waals surface area contributed by atoms with Gasteiger partial charge in [-0.05, 0) is 94.5 Å². The fourth-order valence-electron chi connectivity index (χ4n) is 6.57. The largest absolute Gasteiger partial charge is 0.497 e. The normalized spacial score (nSPS) is 15.2. The van der Waals surface area contributed by atoms with Crippen molar-refractivity contribution in [3.63, 3.8) is 0 Å². The Morgan fingerprint density at radius 1 is 0.610 bits per heavy atom. The van der Waals surface area contributed by atoms with Crippen molar-refractivity contribution >= 4 is 11.6 Å². The number of hydrogen-bond acceptors (Lipinski definition) is 1. The van der Waals surface area contributed by atoms with Gasteiger partial charge in [0.15, 0.2) is 0 Å². The summed E-state index contributed by atoms with van der Waals surface area (Å²) in [6.07, 6.45) is 1.58. The first kappa shape index (κ1) is 30.8. The molecule has 0 saturated carbocycles. The quantitative estimate of drug-likeness (QED) is 0.183. The first-order chi connectivity index (χ1) is 19.2. The lowest BCUT2D eigenvalue weighted by Crippen LogP contribution is -2.57. The van der Waals surface area contributed by atoms with Gasteiger partial charge in [-0.1, -0.05) is 102 Å². The summed E-state index contributed by atoms with van der Waals surface area (Å²) in [6.45, 7) is 13.5. The zero-order chi connectivity index (χ0) is 30.1. The average Bonchev–Trinajstić information content (AvgIpc) is 2.96. The van der Waals surface area contributed by atoms with Crippen molar-refractivity contribution in [1.29, 1.82) is 0 Å². The Hall–Kier alpha value is -3.17. The zero-order valence-electron chi connectivity index (χ0n) is 25.2. The number of ether oxygens (including phenoxy) is 1. The maximum Gasteiger partial charge on any atom is 0.123 e. The van der Waals surface area contributed by atoms with E-state index in [1.807, 2.05) is 42.5 Å². The second-order valence-electron chi connectivity index (χ2n) is 12.7. The number of rotatable bonds is 10. The average molecular weight is 575 g/mol. The molecule has 4 heteroatoms. The van der Waals surface area contributed by atoms with E-state index in [1.165, 1.54) is 6.07 Å². The van der Waals surface area contributed by atoms with Crippen LogP contribution in [0.15, 0.2) is 97.1 Å². The summed E-state index contributed by atoms with van der Waals surface area (Å²) in [4.78, 5) is 0. The Morgan fingerprint density at radius 2 is 1.17 bits per heavy atom. The van der Waals surface area contributed by atoms with Crippen molar-refractivity contribution in [1.82, 2.24) is 0 Å². The van der Waals surface area contributed by atoms with Crippen LogP contribution in [-0.4, -0.2) is 7.11 Å². The van der Waals surface area contributed by atoms with Crippen LogP contribution in [0.1, 0.15) is 76.6 Å². The third-order valence-corrected chi connectivity index (χ3v) is 10.2. The molecule has 2 unspecified atom stereocenters. The molecule has 0 aliphatic heterocycles. The van der Waals surface area contributed by atoms with E-state index in [9.17, 15) is 8.78 Å². The predicted molar refractivity (Wildman–Crippen MR) is 167 cm³/mol. The van der Waals surface area contributed by atoms with E-state index in [-0.39, 0.29) is 17.0 Å². The maximum absolute atomic E-state index is 14.3. The van der Waals surface area contributed by atoms with E-state index in [0.29, 0.717) is 5.02 Å². The van der Waals surface area contributed by atoms with Crippen LogP contribution in [0.3, 0.4) is 0 Å². The van der Waals surface area contributed by atoms with Gasteiger partial charge in [-0.25, -0.2) is 8.78 Å². The van der Waals surface area contributed by atoms with Gasteiger partial charge in [0.25, 0.3) is 0 Å². The maximum atomic E-state index is 14.3. The monoisotopic (exact) mass is 574 g/mol. The highest BCUT2D eigenvalue weighted by molar-refractivity contribution is 6.30. The molecule has 0 fully saturated rings. The minimum atomic E-state index is -0.534. The lowest BCUT2D eigenvalue weighted by atomic mass is 9.45. The van der Waals surface area contributed by atoms with Crippen LogP contribution in [0, 0.1) is 11.6 Å². The molecule has 0 aliphatic rings. The molecule has 4 rings (SSSR count). The summed E-state index contributed by atoms with van der Waals surface area (Å²) in [5.41, 5.74) is 2.60. The van der Waals surface area contributed by atoms with E-state index in [1.54, 1.807) is 31.4 Å². The van der Waals surface area contributed by atoms with Gasteiger partial charge in [-0.3, -0.25) is 0 Å². The van der Waals surface area contributed by atoms with E-state index < -0.39 is 16.2 Å². The molecule has 2 atom stereocenters. The van der Waals surface area contributed by atoms with Crippen LogP contribution < -0.4 is 4.74 Å². The smallest absolute Gasteiger partial charge is 0.123 e. The van der Waals surface area contributed by atoms with Crippen LogP contribution >= 0.6 is 11.6 Å². The zero-order valence-corrected chi connectivity index (χ0v) is 25.9. The van der Waals surface area contributed by atoms with E-state index in [4.69, 9.17) is 16.3 Å². The van der Waals surface area contributed by atoms with Gasteiger partial charge >= 0.3 is 0 Å². The number of methoxy groups -OCH3 is 1. The predicted octanol–water partition coefficient (Wildman–Crippen LogP) is 10.6. The van der Waals surface area contributed by atoms with Crippen LogP contribution in [0.2, 0.25) is 5.02 Å². The third kappa shape index (κ3) is 5.79. The molecule has 0 amide bonds. The molecule has 0 N–H and O–H groups in total. The van der Waals surface area contributed by atoms with Crippen molar-refractivity contribution in [3.05, 3.63) is 136 Å². The van der Waals surface area contributed by atoms with Crippen LogP contribution in [0.25, 0.3) is 0 Å². The second-order valence-corrected chi connectivity index (χ2v) is 13.2. The highest BCUT2D eigenvalue weighted by Crippen LogP contribution is 2.58. The SMILES string of the molecule is COc1ccc(C(C)(CCC(C)(C)c2cccc(F)c2)C(C)(c2ccc(F)cc2)C(C)(C)c2ccc(Cl)cc2)cc1. The molecule has 0 aromatic heterocycles. The van der Waals surface area contributed by atoms with E-state index in [2.05, 4.69) is 65.8 Å². The Balaban J connectivity index is 1.95. The number of benzene rings is 4. The fraction of sp³-hybridized carbons (Fsp3) is 0.351. The number of hydrogen-bond donors (Lipinski definition) is 0. The summed E-state index contributed by atoms with van der Waals surface area (Å²) in [5, 5.41) is 0.683. The molecule has 0 spiro atoms. The van der Waals surface area contributed by atoms with Crippen molar-refractivity contribution < 1.29 is 13.5 Å². The van der Waals surface area contributed by atoms with Gasteiger partial charge in [0.2, 0.25) is 0 Å². The van der Waals surface area contributed by atoms with Crippen LogP contribution in [0.4, 0.5) is 8.78 Å². The summed E-state index contributed by atoms with van der Waals surface area (Å²) in [6, 6.07) is 30.2. The summed E-state index contributed by atoms with van der Waals surface area (Å²) in [7, 11) is 1.67. The molecule has 1 nitrogen and oxygen atoms in total. The highest BCUT2D eigenvalue weighted by atomic mass is 35.5.